The number of carbonyl (C=O) groups is 1. The fourth-order valence-electron chi connectivity index (χ4n) is 3.41. The molecule has 2 aliphatic heterocycles. The van der Waals surface area contributed by atoms with Crippen LogP contribution in [0.15, 0.2) is 16.9 Å². The Labute approximate surface area is 169 Å². The van der Waals surface area contributed by atoms with Gasteiger partial charge in [0.25, 0.3) is 0 Å². The van der Waals surface area contributed by atoms with E-state index in [1.807, 2.05) is 13.0 Å². The van der Waals surface area contributed by atoms with E-state index in [0.29, 0.717) is 29.9 Å². The summed E-state index contributed by atoms with van der Waals surface area (Å²) in [7, 11) is 1.61. The highest BCUT2D eigenvalue weighted by atomic mass is 19.4. The summed E-state index contributed by atoms with van der Waals surface area (Å²) in [5.41, 5.74) is 0. The van der Waals surface area contributed by atoms with Crippen molar-refractivity contribution in [2.24, 2.45) is 5.92 Å². The monoisotopic (exact) mass is 431 g/mol. The minimum absolute atomic E-state index is 0.159. The van der Waals surface area contributed by atoms with Crippen LogP contribution < -0.4 is 9.64 Å². The SMILES string of the molecule is COc1cc(N2C[C@@H]3C[C@H](Cc4nc(C)no4)O[C@@H]3C2)ncn1.O=C(O)C(F)(F)F. The molecule has 3 atom stereocenters. The van der Waals surface area contributed by atoms with E-state index in [1.54, 1.807) is 7.11 Å². The topological polar surface area (TPSA) is 124 Å². The van der Waals surface area contributed by atoms with Crippen LogP contribution in [-0.2, 0) is 16.0 Å². The van der Waals surface area contributed by atoms with E-state index in [0.717, 1.165) is 25.3 Å². The number of aliphatic carboxylic acids is 1. The molecule has 4 heterocycles. The van der Waals surface area contributed by atoms with E-state index in [2.05, 4.69) is 25.0 Å². The summed E-state index contributed by atoms with van der Waals surface area (Å²) in [5.74, 6) is 0.543. The van der Waals surface area contributed by atoms with Gasteiger partial charge in [-0.2, -0.15) is 18.2 Å². The normalized spacial score (nSPS) is 23.0. The van der Waals surface area contributed by atoms with Gasteiger partial charge in [-0.15, -0.1) is 0 Å². The number of rotatable bonds is 4. The molecule has 2 aromatic heterocycles. The van der Waals surface area contributed by atoms with Crippen molar-refractivity contribution >= 4 is 11.8 Å². The molecular formula is C17H20F3N5O5. The minimum atomic E-state index is -5.08. The molecule has 0 aliphatic carbocycles. The second-order valence-corrected chi connectivity index (χ2v) is 6.86. The van der Waals surface area contributed by atoms with Crippen LogP contribution in [0.4, 0.5) is 19.0 Å². The standard InChI is InChI=1S/C15H19N5O3.C2HF3O2/c1-9-18-15(23-19-9)4-11-3-10-6-20(7-12(10)22-11)13-5-14(21-2)17-8-16-13;3-2(4,5)1(6)7/h5,8,10-12H,3-4,6-7H2,1-2H3;(H,6,7)/t10-,11+,12+;/m0./s1. The van der Waals surface area contributed by atoms with Crippen LogP contribution in [0.25, 0.3) is 0 Å². The van der Waals surface area contributed by atoms with Crippen LogP contribution in [0, 0.1) is 12.8 Å². The van der Waals surface area contributed by atoms with Crippen LogP contribution in [0.5, 0.6) is 5.88 Å². The molecule has 0 aromatic carbocycles. The zero-order chi connectivity index (χ0) is 21.9. The third-order valence-corrected chi connectivity index (χ3v) is 4.69. The largest absolute Gasteiger partial charge is 0.490 e. The smallest absolute Gasteiger partial charge is 0.481 e. The van der Waals surface area contributed by atoms with E-state index in [4.69, 9.17) is 23.9 Å². The molecule has 2 aromatic rings. The maximum Gasteiger partial charge on any atom is 0.490 e. The number of nitrogens with zero attached hydrogens (tertiary/aromatic N) is 5. The van der Waals surface area contributed by atoms with Crippen molar-refractivity contribution in [1.29, 1.82) is 0 Å². The zero-order valence-electron chi connectivity index (χ0n) is 16.2. The molecule has 1 N–H and O–H groups in total. The van der Waals surface area contributed by atoms with Gasteiger partial charge in [-0.1, -0.05) is 5.16 Å². The predicted molar refractivity (Wildman–Crippen MR) is 94.0 cm³/mol. The molecule has 2 fully saturated rings. The van der Waals surface area contributed by atoms with Crippen LogP contribution in [0.2, 0.25) is 0 Å². The first-order chi connectivity index (χ1) is 14.2. The average Bonchev–Trinajstić information content (AvgIpc) is 3.36. The molecule has 4 rings (SSSR count). The number of anilines is 1. The molecule has 0 unspecified atom stereocenters. The van der Waals surface area contributed by atoms with Crippen LogP contribution in [0.1, 0.15) is 18.1 Å². The van der Waals surface area contributed by atoms with Crippen LogP contribution in [0.3, 0.4) is 0 Å². The van der Waals surface area contributed by atoms with E-state index < -0.39 is 12.1 Å². The molecular weight excluding hydrogens is 411 g/mol. The maximum absolute atomic E-state index is 10.6. The Bertz CT molecular complexity index is 863. The van der Waals surface area contributed by atoms with Crippen molar-refractivity contribution in [1.82, 2.24) is 20.1 Å². The van der Waals surface area contributed by atoms with Crippen molar-refractivity contribution < 1.29 is 37.1 Å². The molecule has 2 aliphatic rings. The van der Waals surface area contributed by atoms with Gasteiger partial charge in [0.05, 0.1) is 25.7 Å². The highest BCUT2D eigenvalue weighted by Gasteiger charge is 2.43. The quantitative estimate of drug-likeness (QED) is 0.764. The fraction of sp³-hybridized carbons (Fsp3) is 0.588. The summed E-state index contributed by atoms with van der Waals surface area (Å²) in [5, 5.41) is 10.9. The lowest BCUT2D eigenvalue weighted by Crippen LogP contribution is -2.26. The number of halogens is 3. The Balaban J connectivity index is 0.000000318. The minimum Gasteiger partial charge on any atom is -0.481 e. The number of alkyl halides is 3. The lowest BCUT2D eigenvalue weighted by molar-refractivity contribution is -0.192. The van der Waals surface area contributed by atoms with Gasteiger partial charge in [-0.3, -0.25) is 0 Å². The van der Waals surface area contributed by atoms with Gasteiger partial charge in [0, 0.05) is 25.1 Å². The number of methoxy groups -OCH3 is 1. The average molecular weight is 431 g/mol. The number of ether oxygens (including phenoxy) is 2. The van der Waals surface area contributed by atoms with E-state index in [1.165, 1.54) is 6.33 Å². The first-order valence-electron chi connectivity index (χ1n) is 9.01. The number of hydrogen-bond acceptors (Lipinski definition) is 9. The van der Waals surface area contributed by atoms with Crippen molar-refractivity contribution in [3.05, 3.63) is 24.1 Å². The van der Waals surface area contributed by atoms with Gasteiger partial charge in [0.2, 0.25) is 11.8 Å². The molecule has 10 nitrogen and oxygen atoms in total. The third kappa shape index (κ3) is 5.34. The fourth-order valence-corrected chi connectivity index (χ4v) is 3.41. The van der Waals surface area contributed by atoms with Crippen molar-refractivity contribution in [2.45, 2.75) is 38.1 Å². The number of aromatic nitrogens is 4. The molecule has 164 valence electrons. The van der Waals surface area contributed by atoms with Crippen LogP contribution >= 0.6 is 0 Å². The highest BCUT2D eigenvalue weighted by molar-refractivity contribution is 5.73. The van der Waals surface area contributed by atoms with Gasteiger partial charge in [-0.25, -0.2) is 14.8 Å². The summed E-state index contributed by atoms with van der Waals surface area (Å²) in [6.45, 7) is 3.60. The molecule has 13 heteroatoms. The van der Waals surface area contributed by atoms with E-state index in [-0.39, 0.29) is 12.2 Å². The molecule has 0 bridgehead atoms. The second-order valence-electron chi connectivity index (χ2n) is 6.86. The first-order valence-corrected chi connectivity index (χ1v) is 9.01. The molecule has 30 heavy (non-hydrogen) atoms. The van der Waals surface area contributed by atoms with Crippen molar-refractivity contribution in [3.8, 4) is 5.88 Å². The molecule has 0 saturated carbocycles. The molecule has 0 spiro atoms. The third-order valence-electron chi connectivity index (χ3n) is 4.69. The van der Waals surface area contributed by atoms with Gasteiger partial charge in [-0.05, 0) is 13.3 Å². The Kier molecular flexibility index (Phi) is 6.39. The van der Waals surface area contributed by atoms with Crippen LogP contribution in [-0.4, -0.2) is 69.8 Å². The number of fused-ring (bicyclic) bond motifs is 1. The number of carboxylic acid groups (broad SMARTS) is 1. The predicted octanol–water partition coefficient (Wildman–Crippen LogP) is 1.65. The number of aryl methyl sites for hydroxylation is 1. The van der Waals surface area contributed by atoms with Crippen molar-refractivity contribution in [3.63, 3.8) is 0 Å². The lowest BCUT2D eigenvalue weighted by Gasteiger charge is -2.19. The van der Waals surface area contributed by atoms with Gasteiger partial charge < -0.3 is 24.0 Å². The second kappa shape index (κ2) is 8.81. The Hall–Kier alpha value is -2.96. The highest BCUT2D eigenvalue weighted by Crippen LogP contribution is 2.36. The lowest BCUT2D eigenvalue weighted by atomic mass is 10.0. The molecule has 2 saturated heterocycles. The summed E-state index contributed by atoms with van der Waals surface area (Å²) in [6, 6.07) is 1.86. The zero-order valence-corrected chi connectivity index (χ0v) is 16.2. The maximum atomic E-state index is 10.6. The molecule has 0 radical (unpaired) electrons. The van der Waals surface area contributed by atoms with Crippen molar-refractivity contribution in [2.75, 3.05) is 25.1 Å². The van der Waals surface area contributed by atoms with E-state index in [9.17, 15) is 13.2 Å². The summed E-state index contributed by atoms with van der Waals surface area (Å²) < 4.78 is 48.2. The van der Waals surface area contributed by atoms with Gasteiger partial charge >= 0.3 is 12.1 Å². The first kappa shape index (κ1) is 21.7. The molecule has 0 amide bonds. The summed E-state index contributed by atoms with van der Waals surface area (Å²) in [4.78, 5) is 23.8. The number of hydrogen-bond donors (Lipinski definition) is 1. The van der Waals surface area contributed by atoms with E-state index >= 15 is 0 Å². The summed E-state index contributed by atoms with van der Waals surface area (Å²) >= 11 is 0. The van der Waals surface area contributed by atoms with Gasteiger partial charge in [0.1, 0.15) is 12.1 Å². The summed E-state index contributed by atoms with van der Waals surface area (Å²) in [6.07, 6.45) is -1.47. The van der Waals surface area contributed by atoms with Gasteiger partial charge in [0.15, 0.2) is 5.82 Å². The Morgan fingerprint density at radius 3 is 2.67 bits per heavy atom. The Morgan fingerprint density at radius 2 is 2.10 bits per heavy atom. The Morgan fingerprint density at radius 1 is 1.37 bits per heavy atom. The number of carboxylic acids is 1.